The lowest BCUT2D eigenvalue weighted by Crippen LogP contribution is -2.31. The van der Waals surface area contributed by atoms with Crippen molar-refractivity contribution in [2.24, 2.45) is 5.92 Å². The van der Waals surface area contributed by atoms with E-state index < -0.39 is 0 Å². The van der Waals surface area contributed by atoms with Crippen LogP contribution in [0.1, 0.15) is 60.6 Å². The number of benzene rings is 1. The second-order valence-corrected chi connectivity index (χ2v) is 6.48. The lowest BCUT2D eigenvalue weighted by atomic mass is 9.83. The van der Waals surface area contributed by atoms with E-state index in [1.165, 1.54) is 44.2 Å². The number of nitrogens with zero attached hydrogens (tertiary/aromatic N) is 1. The first-order chi connectivity index (χ1) is 11.7. The predicted molar refractivity (Wildman–Crippen MR) is 92.7 cm³/mol. The number of carbonyl (C=O) groups is 1. The van der Waals surface area contributed by atoms with Crippen molar-refractivity contribution in [1.82, 2.24) is 15.5 Å². The summed E-state index contributed by atoms with van der Waals surface area (Å²) in [5, 5.41) is 9.22. The molecule has 2 N–H and O–H groups in total. The van der Waals surface area contributed by atoms with Crippen molar-refractivity contribution in [3.05, 3.63) is 64.1 Å². The average Bonchev–Trinajstić information content (AvgIpc) is 2.63. The third kappa shape index (κ3) is 4.31. The van der Waals surface area contributed by atoms with Crippen LogP contribution in [0.2, 0.25) is 0 Å². The minimum absolute atomic E-state index is 0.0319. The maximum atomic E-state index is 12.5. The maximum absolute atomic E-state index is 12.5. The van der Waals surface area contributed by atoms with Gasteiger partial charge in [-0.3, -0.25) is 9.59 Å². The maximum Gasteiger partial charge on any atom is 0.272 e. The minimum Gasteiger partial charge on any atom is -0.344 e. The molecule has 0 unspecified atom stereocenters. The number of aromatic nitrogens is 2. The molecule has 1 heterocycles. The van der Waals surface area contributed by atoms with E-state index in [0.717, 1.165) is 12.0 Å². The van der Waals surface area contributed by atoms with Crippen molar-refractivity contribution in [2.45, 2.75) is 44.6 Å². The summed E-state index contributed by atoms with van der Waals surface area (Å²) >= 11 is 0. The normalized spacial score (nSPS) is 16.5. The van der Waals surface area contributed by atoms with Gasteiger partial charge < -0.3 is 5.32 Å². The van der Waals surface area contributed by atoms with Crippen molar-refractivity contribution >= 4 is 5.91 Å². The summed E-state index contributed by atoms with van der Waals surface area (Å²) in [6, 6.07) is 12.8. The molecule has 0 saturated heterocycles. The van der Waals surface area contributed by atoms with E-state index in [1.54, 1.807) is 0 Å². The monoisotopic (exact) mass is 325 g/mol. The number of hydrogen-bond donors (Lipinski definition) is 2. The Kier molecular flexibility index (Phi) is 5.41. The molecular weight excluding hydrogens is 302 g/mol. The largest absolute Gasteiger partial charge is 0.344 e. The molecule has 1 aromatic heterocycles. The molecule has 0 spiro atoms. The number of H-pyrrole nitrogens is 1. The van der Waals surface area contributed by atoms with E-state index in [-0.39, 0.29) is 23.2 Å². The van der Waals surface area contributed by atoms with Crippen LogP contribution in [0.15, 0.2) is 47.3 Å². The van der Waals surface area contributed by atoms with Gasteiger partial charge in [-0.15, -0.1) is 0 Å². The molecule has 3 rings (SSSR count). The van der Waals surface area contributed by atoms with Gasteiger partial charge in [0.2, 0.25) is 0 Å². The SMILES string of the molecule is O=C(N[C@@H](CC1CCCCC1)c1ccccc1)c1ccc(=O)[nH]n1. The molecule has 5 nitrogen and oxygen atoms in total. The van der Waals surface area contributed by atoms with Crippen LogP contribution in [0.4, 0.5) is 0 Å². The predicted octanol–water partition coefficient (Wildman–Crippen LogP) is 3.21. The van der Waals surface area contributed by atoms with Gasteiger partial charge in [-0.25, -0.2) is 5.10 Å². The topological polar surface area (TPSA) is 74.8 Å². The summed E-state index contributed by atoms with van der Waals surface area (Å²) < 4.78 is 0. The zero-order valence-electron chi connectivity index (χ0n) is 13.7. The van der Waals surface area contributed by atoms with Gasteiger partial charge in [-0.2, -0.15) is 5.10 Å². The fourth-order valence-corrected chi connectivity index (χ4v) is 3.42. The van der Waals surface area contributed by atoms with E-state index in [2.05, 4.69) is 15.5 Å². The lowest BCUT2D eigenvalue weighted by molar-refractivity contribution is 0.0922. The zero-order valence-corrected chi connectivity index (χ0v) is 13.7. The summed E-state index contributed by atoms with van der Waals surface area (Å²) in [5.74, 6) is 0.392. The fourth-order valence-electron chi connectivity index (χ4n) is 3.42. The Morgan fingerprint density at radius 3 is 2.54 bits per heavy atom. The molecule has 1 atom stereocenters. The Hall–Kier alpha value is -2.43. The van der Waals surface area contributed by atoms with Gasteiger partial charge in [-0.1, -0.05) is 62.4 Å². The Labute approximate surface area is 141 Å². The van der Waals surface area contributed by atoms with Crippen LogP contribution >= 0.6 is 0 Å². The first-order valence-electron chi connectivity index (χ1n) is 8.64. The fraction of sp³-hybridized carbons (Fsp3) is 0.421. The number of nitrogens with one attached hydrogen (secondary N) is 2. The van der Waals surface area contributed by atoms with E-state index >= 15 is 0 Å². The molecule has 5 heteroatoms. The van der Waals surface area contributed by atoms with Crippen LogP contribution in [-0.2, 0) is 0 Å². The van der Waals surface area contributed by atoms with Crippen LogP contribution in [0, 0.1) is 5.92 Å². The summed E-state index contributed by atoms with van der Waals surface area (Å²) in [6.45, 7) is 0. The average molecular weight is 325 g/mol. The van der Waals surface area contributed by atoms with Crippen LogP contribution in [0.5, 0.6) is 0 Å². The van der Waals surface area contributed by atoms with E-state index in [9.17, 15) is 9.59 Å². The van der Waals surface area contributed by atoms with Gasteiger partial charge in [0.15, 0.2) is 0 Å². The molecule has 1 aliphatic rings. The van der Waals surface area contributed by atoms with Crippen molar-refractivity contribution < 1.29 is 4.79 Å². The van der Waals surface area contributed by atoms with Gasteiger partial charge in [-0.05, 0) is 24.0 Å². The highest BCUT2D eigenvalue weighted by Crippen LogP contribution is 2.32. The number of hydrogen-bond acceptors (Lipinski definition) is 3. The molecule has 2 aromatic rings. The first-order valence-corrected chi connectivity index (χ1v) is 8.64. The van der Waals surface area contributed by atoms with Crippen molar-refractivity contribution in [2.75, 3.05) is 0 Å². The van der Waals surface area contributed by atoms with Crippen LogP contribution in [-0.4, -0.2) is 16.1 Å². The third-order valence-electron chi connectivity index (χ3n) is 4.71. The summed E-state index contributed by atoms with van der Waals surface area (Å²) in [7, 11) is 0. The van der Waals surface area contributed by atoms with E-state index in [1.807, 2.05) is 30.3 Å². The standard InChI is InChI=1S/C19H23N3O2/c23-18-12-11-16(21-22-18)19(24)20-17(15-9-5-2-6-10-15)13-14-7-3-1-4-8-14/h2,5-6,9-12,14,17H,1,3-4,7-8,13H2,(H,20,24)(H,22,23)/t17-/m0/s1. The molecule has 1 aromatic carbocycles. The number of rotatable bonds is 5. The van der Waals surface area contributed by atoms with Gasteiger partial charge >= 0.3 is 0 Å². The van der Waals surface area contributed by atoms with Crippen molar-refractivity contribution in [3.8, 4) is 0 Å². The third-order valence-corrected chi connectivity index (χ3v) is 4.71. The zero-order chi connectivity index (χ0) is 16.8. The molecule has 1 amide bonds. The smallest absolute Gasteiger partial charge is 0.272 e. The summed E-state index contributed by atoms with van der Waals surface area (Å²) in [6.07, 6.45) is 7.29. The second kappa shape index (κ2) is 7.90. The Morgan fingerprint density at radius 2 is 1.88 bits per heavy atom. The Morgan fingerprint density at radius 1 is 1.12 bits per heavy atom. The molecule has 0 radical (unpaired) electrons. The molecule has 24 heavy (non-hydrogen) atoms. The highest BCUT2D eigenvalue weighted by molar-refractivity contribution is 5.92. The minimum atomic E-state index is -0.312. The van der Waals surface area contributed by atoms with Gasteiger partial charge in [0, 0.05) is 6.07 Å². The summed E-state index contributed by atoms with van der Waals surface area (Å²) in [5.41, 5.74) is 1.04. The van der Waals surface area contributed by atoms with Crippen LogP contribution in [0.25, 0.3) is 0 Å². The molecule has 1 aliphatic carbocycles. The lowest BCUT2D eigenvalue weighted by Gasteiger charge is -2.27. The number of carbonyl (C=O) groups excluding carboxylic acids is 1. The second-order valence-electron chi connectivity index (χ2n) is 6.48. The number of amides is 1. The highest BCUT2D eigenvalue weighted by atomic mass is 16.2. The van der Waals surface area contributed by atoms with Crippen LogP contribution in [0.3, 0.4) is 0 Å². The van der Waals surface area contributed by atoms with E-state index in [4.69, 9.17) is 0 Å². The van der Waals surface area contributed by atoms with Crippen molar-refractivity contribution in [1.29, 1.82) is 0 Å². The Balaban J connectivity index is 1.74. The Bertz CT molecular complexity index is 700. The van der Waals surface area contributed by atoms with Gasteiger partial charge in [0.25, 0.3) is 11.5 Å². The van der Waals surface area contributed by atoms with E-state index in [0.29, 0.717) is 5.92 Å². The first kappa shape index (κ1) is 16.4. The molecule has 1 saturated carbocycles. The number of aromatic amines is 1. The molecule has 1 fully saturated rings. The molecule has 0 aliphatic heterocycles. The molecule has 126 valence electrons. The quantitative estimate of drug-likeness (QED) is 0.886. The van der Waals surface area contributed by atoms with Crippen LogP contribution < -0.4 is 10.9 Å². The molecular formula is C19H23N3O2. The van der Waals surface area contributed by atoms with Gasteiger partial charge in [0.05, 0.1) is 6.04 Å². The highest BCUT2D eigenvalue weighted by Gasteiger charge is 2.22. The van der Waals surface area contributed by atoms with Crippen molar-refractivity contribution in [3.63, 3.8) is 0 Å². The summed E-state index contributed by atoms with van der Waals surface area (Å²) in [4.78, 5) is 23.6. The van der Waals surface area contributed by atoms with Gasteiger partial charge in [0.1, 0.15) is 5.69 Å². The molecule has 0 bridgehead atoms.